The number of nitrogens with one attached hydrogen (secondary N) is 2. The number of anilines is 1. The highest BCUT2D eigenvalue weighted by Crippen LogP contribution is 2.23. The number of hydrogen-bond acceptors (Lipinski definition) is 6. The lowest BCUT2D eigenvalue weighted by atomic mass is 10.2. The van der Waals surface area contributed by atoms with Gasteiger partial charge in [0.1, 0.15) is 10.8 Å². The molecule has 114 valence electrons. The highest BCUT2D eigenvalue weighted by atomic mass is 32.2. The molecule has 2 N–H and O–H groups in total. The summed E-state index contributed by atoms with van der Waals surface area (Å²) in [6, 6.07) is 3.67. The first kappa shape index (κ1) is 15.8. The Hall–Kier alpha value is -1.58. The second-order valence-corrected chi connectivity index (χ2v) is 6.96. The van der Waals surface area contributed by atoms with E-state index in [2.05, 4.69) is 20.2 Å². The van der Waals surface area contributed by atoms with Crippen LogP contribution in [-0.4, -0.2) is 25.7 Å². The second kappa shape index (κ2) is 6.46. The Morgan fingerprint density at radius 3 is 2.71 bits per heavy atom. The number of aromatic nitrogens is 2. The minimum Gasteiger partial charge on any atom is -0.316 e. The van der Waals surface area contributed by atoms with Gasteiger partial charge in [-0.15, -0.1) is 10.2 Å². The monoisotopic (exact) mass is 330 g/mol. The first-order valence-corrected chi connectivity index (χ1v) is 8.54. The van der Waals surface area contributed by atoms with E-state index in [0.29, 0.717) is 18.5 Å². The molecule has 0 fully saturated rings. The molecule has 0 aliphatic heterocycles. The molecule has 0 radical (unpaired) electrons. The van der Waals surface area contributed by atoms with E-state index in [0.717, 1.165) is 22.4 Å². The predicted octanol–water partition coefficient (Wildman–Crippen LogP) is 1.76. The molecule has 1 aromatic carbocycles. The Bertz CT molecular complexity index is 731. The predicted molar refractivity (Wildman–Crippen MR) is 79.3 cm³/mol. The number of hydrogen-bond donors (Lipinski definition) is 2. The van der Waals surface area contributed by atoms with Crippen molar-refractivity contribution < 1.29 is 12.8 Å². The van der Waals surface area contributed by atoms with Gasteiger partial charge in [0.05, 0.1) is 4.90 Å². The van der Waals surface area contributed by atoms with Crippen molar-refractivity contribution in [3.63, 3.8) is 0 Å². The van der Waals surface area contributed by atoms with Crippen LogP contribution < -0.4 is 10.0 Å². The Kier molecular flexibility index (Phi) is 4.86. The molecule has 0 atom stereocenters. The highest BCUT2D eigenvalue weighted by molar-refractivity contribution is 7.93. The van der Waals surface area contributed by atoms with Gasteiger partial charge in [-0.3, -0.25) is 4.72 Å². The minimum absolute atomic E-state index is 0.106. The molecule has 2 aromatic rings. The fourth-order valence-electron chi connectivity index (χ4n) is 1.72. The van der Waals surface area contributed by atoms with E-state index in [1.807, 2.05) is 6.92 Å². The van der Waals surface area contributed by atoms with Gasteiger partial charge >= 0.3 is 0 Å². The van der Waals surface area contributed by atoms with Gasteiger partial charge in [-0.25, -0.2) is 12.8 Å². The summed E-state index contributed by atoms with van der Waals surface area (Å²) in [4.78, 5) is -0.106. The van der Waals surface area contributed by atoms with Gasteiger partial charge in [0.2, 0.25) is 5.13 Å². The van der Waals surface area contributed by atoms with Crippen molar-refractivity contribution in [2.45, 2.75) is 24.8 Å². The van der Waals surface area contributed by atoms with Crippen LogP contribution in [0.5, 0.6) is 0 Å². The van der Waals surface area contributed by atoms with Crippen LogP contribution in [0.25, 0.3) is 0 Å². The number of benzene rings is 1. The number of aryl methyl sites for hydroxylation is 1. The molecular weight excluding hydrogens is 315 g/mol. The van der Waals surface area contributed by atoms with Crippen molar-refractivity contribution in [2.75, 3.05) is 11.8 Å². The normalized spacial score (nSPS) is 11.6. The summed E-state index contributed by atoms with van der Waals surface area (Å²) in [7, 11) is -2.22. The van der Waals surface area contributed by atoms with Crippen LogP contribution in [0.2, 0.25) is 0 Å². The summed E-state index contributed by atoms with van der Waals surface area (Å²) < 4.78 is 40.5. The van der Waals surface area contributed by atoms with Crippen LogP contribution in [0.3, 0.4) is 0 Å². The zero-order valence-electron chi connectivity index (χ0n) is 11.6. The third-order valence-corrected chi connectivity index (χ3v) is 5.21. The molecule has 0 aliphatic rings. The first-order chi connectivity index (χ1) is 9.96. The van der Waals surface area contributed by atoms with E-state index < -0.39 is 15.8 Å². The molecule has 1 aromatic heterocycles. The van der Waals surface area contributed by atoms with Crippen molar-refractivity contribution >= 4 is 26.5 Å². The van der Waals surface area contributed by atoms with E-state index in [4.69, 9.17) is 0 Å². The van der Waals surface area contributed by atoms with Gasteiger partial charge < -0.3 is 5.32 Å². The lowest BCUT2D eigenvalue weighted by Crippen LogP contribution is -2.17. The maximum atomic E-state index is 13.4. The number of rotatable bonds is 6. The fourth-order valence-corrected chi connectivity index (χ4v) is 3.88. The molecule has 9 heteroatoms. The summed E-state index contributed by atoms with van der Waals surface area (Å²) in [6.07, 6.45) is 0.671. The molecule has 6 nitrogen and oxygen atoms in total. The van der Waals surface area contributed by atoms with Crippen molar-refractivity contribution in [1.29, 1.82) is 0 Å². The van der Waals surface area contributed by atoms with Gasteiger partial charge in [-0.05, 0) is 31.2 Å². The molecule has 0 spiro atoms. The molecule has 0 saturated carbocycles. The van der Waals surface area contributed by atoms with E-state index >= 15 is 0 Å². The summed E-state index contributed by atoms with van der Waals surface area (Å²) in [6.45, 7) is 2.21. The van der Waals surface area contributed by atoms with Gasteiger partial charge in [0.25, 0.3) is 10.0 Å². The van der Waals surface area contributed by atoms with Gasteiger partial charge in [-0.1, -0.05) is 24.3 Å². The standard InChI is InChI=1S/C12H15FN4O2S2/c1-3-11-15-16-12(20-11)17-21(18,19)10-6-9(13)5-4-8(10)7-14-2/h4-6,14H,3,7H2,1-2H3,(H,16,17). The van der Waals surface area contributed by atoms with Crippen LogP contribution in [-0.2, 0) is 23.0 Å². The van der Waals surface area contributed by atoms with Crippen LogP contribution in [0, 0.1) is 5.82 Å². The lowest BCUT2D eigenvalue weighted by Gasteiger charge is -2.10. The maximum Gasteiger partial charge on any atom is 0.264 e. The largest absolute Gasteiger partial charge is 0.316 e. The third kappa shape index (κ3) is 3.74. The Balaban J connectivity index is 2.36. The Labute approximate surface area is 126 Å². The summed E-state index contributed by atoms with van der Waals surface area (Å²) in [5.74, 6) is -0.610. The van der Waals surface area contributed by atoms with Crippen LogP contribution in [0.4, 0.5) is 9.52 Å². The van der Waals surface area contributed by atoms with Gasteiger partial charge in [0.15, 0.2) is 0 Å². The van der Waals surface area contributed by atoms with E-state index in [-0.39, 0.29) is 10.0 Å². The van der Waals surface area contributed by atoms with E-state index in [9.17, 15) is 12.8 Å². The maximum absolute atomic E-state index is 13.4. The molecule has 0 unspecified atom stereocenters. The topological polar surface area (TPSA) is 84.0 Å². The molecular formula is C12H15FN4O2S2. The third-order valence-electron chi connectivity index (χ3n) is 2.68. The van der Waals surface area contributed by atoms with E-state index in [1.54, 1.807) is 7.05 Å². The Morgan fingerprint density at radius 2 is 2.10 bits per heavy atom. The molecule has 21 heavy (non-hydrogen) atoms. The fraction of sp³-hybridized carbons (Fsp3) is 0.333. The second-order valence-electron chi connectivity index (χ2n) is 4.24. The molecule has 0 aliphatic carbocycles. The Morgan fingerprint density at radius 1 is 1.33 bits per heavy atom. The number of halogens is 1. The summed E-state index contributed by atoms with van der Waals surface area (Å²) in [5, 5.41) is 11.4. The van der Waals surface area contributed by atoms with Gasteiger partial charge in [0, 0.05) is 6.54 Å². The first-order valence-electron chi connectivity index (χ1n) is 6.24. The van der Waals surface area contributed by atoms with Crippen molar-refractivity contribution in [2.24, 2.45) is 0 Å². The van der Waals surface area contributed by atoms with Crippen LogP contribution in [0.15, 0.2) is 23.1 Å². The zero-order chi connectivity index (χ0) is 15.5. The van der Waals surface area contributed by atoms with E-state index in [1.165, 1.54) is 12.1 Å². The molecule has 1 heterocycles. The average molecular weight is 330 g/mol. The van der Waals surface area contributed by atoms with Crippen molar-refractivity contribution in [3.05, 3.63) is 34.6 Å². The smallest absolute Gasteiger partial charge is 0.264 e. The van der Waals surface area contributed by atoms with Crippen LogP contribution in [0.1, 0.15) is 17.5 Å². The van der Waals surface area contributed by atoms with Crippen LogP contribution >= 0.6 is 11.3 Å². The summed E-state index contributed by atoms with van der Waals surface area (Å²) >= 11 is 1.16. The number of nitrogens with zero attached hydrogens (tertiary/aromatic N) is 2. The summed E-state index contributed by atoms with van der Waals surface area (Å²) in [5.41, 5.74) is 0.478. The number of sulfonamides is 1. The van der Waals surface area contributed by atoms with Gasteiger partial charge in [-0.2, -0.15) is 0 Å². The molecule has 0 amide bonds. The minimum atomic E-state index is -3.91. The zero-order valence-corrected chi connectivity index (χ0v) is 13.2. The quantitative estimate of drug-likeness (QED) is 0.843. The van der Waals surface area contributed by atoms with Crippen molar-refractivity contribution in [3.8, 4) is 0 Å². The molecule has 0 saturated heterocycles. The molecule has 2 rings (SSSR count). The lowest BCUT2D eigenvalue weighted by molar-refractivity contribution is 0.592. The van der Waals surface area contributed by atoms with Crippen molar-refractivity contribution in [1.82, 2.24) is 15.5 Å². The SMILES string of the molecule is CCc1nnc(NS(=O)(=O)c2cc(F)ccc2CNC)s1. The molecule has 0 bridgehead atoms. The highest BCUT2D eigenvalue weighted by Gasteiger charge is 2.21. The average Bonchev–Trinajstić information content (AvgIpc) is 2.88.